The van der Waals surface area contributed by atoms with Crippen molar-refractivity contribution in [1.29, 1.82) is 0 Å². The molecule has 1 aromatic rings. The van der Waals surface area contributed by atoms with Gasteiger partial charge in [0, 0.05) is 37.1 Å². The summed E-state index contributed by atoms with van der Waals surface area (Å²) in [5, 5.41) is 7.29. The molecule has 2 fully saturated rings. The lowest BCUT2D eigenvalue weighted by Gasteiger charge is -2.61. The van der Waals surface area contributed by atoms with Crippen LogP contribution in [0.1, 0.15) is 50.6 Å². The minimum absolute atomic E-state index is 0. The quantitative estimate of drug-likeness (QED) is 0.400. The smallest absolute Gasteiger partial charge is 0.191 e. The summed E-state index contributed by atoms with van der Waals surface area (Å²) in [5.41, 5.74) is 1.55. The van der Waals surface area contributed by atoms with Crippen molar-refractivity contribution in [1.82, 2.24) is 10.6 Å². The van der Waals surface area contributed by atoms with Crippen LogP contribution >= 0.6 is 24.0 Å². The van der Waals surface area contributed by atoms with Crippen LogP contribution in [0.3, 0.4) is 0 Å². The molecule has 3 atom stereocenters. The number of fused-ring (bicyclic) bond motifs is 1. The maximum absolute atomic E-state index is 5.96. The number of nitrogens with zero attached hydrogens (tertiary/aromatic N) is 1. The van der Waals surface area contributed by atoms with Gasteiger partial charge in [0.1, 0.15) is 5.75 Å². The van der Waals surface area contributed by atoms with E-state index in [0.29, 0.717) is 17.6 Å². The van der Waals surface area contributed by atoms with E-state index in [9.17, 15) is 0 Å². The van der Waals surface area contributed by atoms with Crippen LogP contribution in [-0.2, 0) is 4.74 Å². The van der Waals surface area contributed by atoms with E-state index >= 15 is 0 Å². The Labute approximate surface area is 173 Å². The number of guanidine groups is 1. The zero-order valence-electron chi connectivity index (χ0n) is 15.7. The number of ether oxygens (including phenoxy) is 2. The predicted octanol–water partition coefficient (Wildman–Crippen LogP) is 3.64. The molecule has 3 aliphatic rings. The molecule has 1 aliphatic heterocycles. The molecule has 0 aromatic heterocycles. The summed E-state index contributed by atoms with van der Waals surface area (Å²) in [6, 6.07) is 9.00. The van der Waals surface area contributed by atoms with Crippen molar-refractivity contribution >= 4 is 29.9 Å². The number of aliphatic imine (C=N–C) groups is 1. The number of rotatable bonds is 4. The first-order chi connectivity index (χ1) is 12.3. The van der Waals surface area contributed by atoms with E-state index < -0.39 is 0 Å². The fraction of sp³-hybridized carbons (Fsp3) is 0.650. The lowest BCUT2D eigenvalue weighted by atomic mass is 9.51. The van der Waals surface area contributed by atoms with Crippen molar-refractivity contribution in [3.63, 3.8) is 0 Å². The minimum atomic E-state index is 0. The highest BCUT2D eigenvalue weighted by Crippen LogP contribution is 2.57. The van der Waals surface area contributed by atoms with Gasteiger partial charge in [0.05, 0.1) is 18.8 Å². The Bertz CT molecular complexity index is 648. The van der Waals surface area contributed by atoms with Gasteiger partial charge in [0.2, 0.25) is 0 Å². The Kier molecular flexibility index (Phi) is 6.33. The highest BCUT2D eigenvalue weighted by Gasteiger charge is 2.59. The summed E-state index contributed by atoms with van der Waals surface area (Å²) in [5.74, 6) is 1.88. The molecule has 2 saturated carbocycles. The topological polar surface area (TPSA) is 54.9 Å². The molecular formula is C20H30IN3O2. The fourth-order valence-corrected chi connectivity index (χ4v) is 4.63. The molecule has 0 bridgehead atoms. The Balaban J connectivity index is 0.00000196. The van der Waals surface area contributed by atoms with Crippen molar-refractivity contribution in [2.24, 2.45) is 10.4 Å². The molecule has 1 spiro atoms. The molecular weight excluding hydrogens is 441 g/mol. The average Bonchev–Trinajstić information content (AvgIpc) is 2.58. The zero-order chi connectivity index (χ0) is 17.3. The third-order valence-electron chi connectivity index (χ3n) is 6.24. The van der Waals surface area contributed by atoms with Crippen molar-refractivity contribution < 1.29 is 9.47 Å². The Morgan fingerprint density at radius 3 is 2.81 bits per heavy atom. The van der Waals surface area contributed by atoms with Crippen LogP contribution < -0.4 is 15.4 Å². The van der Waals surface area contributed by atoms with Gasteiger partial charge in [-0.05, 0) is 32.3 Å². The normalized spacial score (nSPS) is 28.7. The number of benzene rings is 1. The molecule has 4 rings (SSSR count). The molecule has 2 N–H and O–H groups in total. The van der Waals surface area contributed by atoms with Gasteiger partial charge in [-0.3, -0.25) is 4.99 Å². The molecule has 0 radical (unpaired) electrons. The van der Waals surface area contributed by atoms with Gasteiger partial charge in [-0.2, -0.15) is 0 Å². The van der Waals surface area contributed by atoms with E-state index in [-0.39, 0.29) is 30.0 Å². The molecule has 144 valence electrons. The molecule has 0 saturated heterocycles. The average molecular weight is 471 g/mol. The summed E-state index contributed by atoms with van der Waals surface area (Å²) in [6.45, 7) is 3.65. The highest BCUT2D eigenvalue weighted by atomic mass is 127. The lowest BCUT2D eigenvalue weighted by Crippen LogP contribution is -2.68. The number of hydrogen-bond acceptors (Lipinski definition) is 3. The molecule has 26 heavy (non-hydrogen) atoms. The standard InChI is InChI=1S/C20H29N3O2.HI/c1-3-24-18-13-17(20(18)10-6-11-20)23-19(21-2)22-15-9-12-25-16-8-5-4-7-14(15)16;/h4-5,7-8,15,17-18H,3,6,9-13H2,1-2H3,(H2,21,22,23);1H. The van der Waals surface area contributed by atoms with Gasteiger partial charge in [-0.25, -0.2) is 0 Å². The largest absolute Gasteiger partial charge is 0.493 e. The minimum Gasteiger partial charge on any atom is -0.493 e. The second-order valence-corrected chi connectivity index (χ2v) is 7.41. The maximum atomic E-state index is 5.96. The third kappa shape index (κ3) is 3.42. The first kappa shape index (κ1) is 19.7. The molecule has 2 aliphatic carbocycles. The van der Waals surface area contributed by atoms with E-state index in [0.717, 1.165) is 37.8 Å². The third-order valence-corrected chi connectivity index (χ3v) is 6.24. The second-order valence-electron chi connectivity index (χ2n) is 7.41. The van der Waals surface area contributed by atoms with Crippen LogP contribution in [0, 0.1) is 5.41 Å². The van der Waals surface area contributed by atoms with Crippen LogP contribution in [0.4, 0.5) is 0 Å². The summed E-state index contributed by atoms with van der Waals surface area (Å²) in [4.78, 5) is 4.48. The Hall–Kier alpha value is -1.02. The summed E-state index contributed by atoms with van der Waals surface area (Å²) < 4.78 is 11.7. The van der Waals surface area contributed by atoms with Gasteiger partial charge in [-0.1, -0.05) is 24.6 Å². The predicted molar refractivity (Wildman–Crippen MR) is 114 cm³/mol. The summed E-state index contributed by atoms with van der Waals surface area (Å²) in [7, 11) is 1.85. The van der Waals surface area contributed by atoms with Crippen LogP contribution in [0.5, 0.6) is 5.75 Å². The molecule has 1 aromatic carbocycles. The molecule has 5 nitrogen and oxygen atoms in total. The number of halogens is 1. The van der Waals surface area contributed by atoms with Gasteiger partial charge in [0.15, 0.2) is 5.96 Å². The van der Waals surface area contributed by atoms with Gasteiger partial charge in [-0.15, -0.1) is 24.0 Å². The van der Waals surface area contributed by atoms with Gasteiger partial charge in [0.25, 0.3) is 0 Å². The molecule has 6 heteroatoms. The SMILES string of the molecule is CCOC1CC(NC(=NC)NC2CCOc3ccccc32)C12CCC2.I. The van der Waals surface area contributed by atoms with Crippen molar-refractivity contribution in [2.75, 3.05) is 20.3 Å². The second kappa shape index (κ2) is 8.33. The number of nitrogens with one attached hydrogen (secondary N) is 2. The fourth-order valence-electron chi connectivity index (χ4n) is 4.63. The highest BCUT2D eigenvalue weighted by molar-refractivity contribution is 14.0. The first-order valence-electron chi connectivity index (χ1n) is 9.60. The van der Waals surface area contributed by atoms with Crippen molar-refractivity contribution in [3.8, 4) is 5.75 Å². The van der Waals surface area contributed by atoms with Gasteiger partial charge >= 0.3 is 0 Å². The van der Waals surface area contributed by atoms with Crippen molar-refractivity contribution in [2.45, 2.75) is 57.2 Å². The zero-order valence-corrected chi connectivity index (χ0v) is 18.0. The van der Waals surface area contributed by atoms with E-state index in [1.807, 2.05) is 19.2 Å². The molecule has 0 amide bonds. The monoisotopic (exact) mass is 471 g/mol. The van der Waals surface area contributed by atoms with E-state index in [1.165, 1.54) is 24.8 Å². The van der Waals surface area contributed by atoms with Gasteiger partial charge < -0.3 is 20.1 Å². The van der Waals surface area contributed by atoms with Crippen LogP contribution in [0.2, 0.25) is 0 Å². The summed E-state index contributed by atoms with van der Waals surface area (Å²) in [6.07, 6.45) is 6.32. The summed E-state index contributed by atoms with van der Waals surface area (Å²) >= 11 is 0. The van der Waals surface area contributed by atoms with E-state index in [1.54, 1.807) is 0 Å². The first-order valence-corrected chi connectivity index (χ1v) is 9.60. The Morgan fingerprint density at radius 1 is 1.31 bits per heavy atom. The van der Waals surface area contributed by atoms with Crippen LogP contribution in [0.15, 0.2) is 29.3 Å². The molecule has 1 heterocycles. The number of para-hydroxylation sites is 1. The van der Waals surface area contributed by atoms with Crippen LogP contribution in [0.25, 0.3) is 0 Å². The van der Waals surface area contributed by atoms with E-state index in [2.05, 4.69) is 34.7 Å². The number of hydrogen-bond donors (Lipinski definition) is 2. The maximum Gasteiger partial charge on any atom is 0.191 e. The van der Waals surface area contributed by atoms with E-state index in [4.69, 9.17) is 9.47 Å². The van der Waals surface area contributed by atoms with Crippen molar-refractivity contribution in [3.05, 3.63) is 29.8 Å². The Morgan fingerprint density at radius 2 is 2.12 bits per heavy atom. The van der Waals surface area contributed by atoms with Crippen LogP contribution in [-0.4, -0.2) is 38.4 Å². The molecule has 3 unspecified atom stereocenters. The lowest BCUT2D eigenvalue weighted by molar-refractivity contribution is -0.168.